The molecule has 0 atom stereocenters. The van der Waals surface area contributed by atoms with E-state index < -0.39 is 0 Å². The molecule has 3 aromatic rings. The number of thioether (sulfide) groups is 1. The summed E-state index contributed by atoms with van der Waals surface area (Å²) in [5, 5.41) is 5.63. The third-order valence-corrected chi connectivity index (χ3v) is 7.08. The first kappa shape index (κ1) is 24.3. The van der Waals surface area contributed by atoms with Crippen LogP contribution in [0.5, 0.6) is 5.75 Å². The lowest BCUT2D eigenvalue weighted by Crippen LogP contribution is -2.38. The fraction of sp³-hybridized carbons (Fsp3) is 0.321. The molecule has 2 aliphatic heterocycles. The summed E-state index contributed by atoms with van der Waals surface area (Å²) in [5.74, 6) is 1.23. The number of aromatic nitrogens is 2. The molecular formula is C28H30N4O3S. The van der Waals surface area contributed by atoms with Gasteiger partial charge in [-0.1, -0.05) is 32.0 Å². The summed E-state index contributed by atoms with van der Waals surface area (Å²) in [6, 6.07) is 17.9. The fourth-order valence-electron chi connectivity index (χ4n) is 3.98. The third kappa shape index (κ3) is 5.71. The van der Waals surface area contributed by atoms with Crippen LogP contribution in [-0.2, 0) is 9.53 Å². The Kier molecular flexibility index (Phi) is 7.53. The molecule has 8 heteroatoms. The molecule has 5 rings (SSSR count). The number of benzene rings is 2. The molecule has 0 saturated carbocycles. The number of rotatable bonds is 7. The zero-order valence-corrected chi connectivity index (χ0v) is 21.4. The molecule has 7 nitrogen and oxygen atoms in total. The van der Waals surface area contributed by atoms with Crippen molar-refractivity contribution >= 4 is 28.9 Å². The Hall–Kier alpha value is -3.36. The average Bonchev–Trinajstić information content (AvgIpc) is 3.49. The Morgan fingerprint density at radius 1 is 1.08 bits per heavy atom. The molecule has 0 spiro atoms. The molecule has 0 bridgehead atoms. The van der Waals surface area contributed by atoms with Gasteiger partial charge in [-0.3, -0.25) is 4.79 Å². The summed E-state index contributed by atoms with van der Waals surface area (Å²) >= 11 is 1.42. The van der Waals surface area contributed by atoms with Crippen LogP contribution in [0.25, 0.3) is 23.0 Å². The predicted molar refractivity (Wildman–Crippen MR) is 144 cm³/mol. The molecular weight excluding hydrogens is 472 g/mol. The maximum Gasteiger partial charge on any atom is 0.286 e. The molecule has 1 saturated heterocycles. The van der Waals surface area contributed by atoms with Crippen molar-refractivity contribution in [1.29, 1.82) is 0 Å². The van der Waals surface area contributed by atoms with E-state index in [1.165, 1.54) is 11.8 Å². The van der Waals surface area contributed by atoms with Crippen LogP contribution in [0.15, 0.2) is 70.7 Å². The first-order valence-corrected chi connectivity index (χ1v) is 13.1. The van der Waals surface area contributed by atoms with Gasteiger partial charge in [0.2, 0.25) is 0 Å². The summed E-state index contributed by atoms with van der Waals surface area (Å²) in [6.45, 7) is 7.86. The number of hydrogen-bond acceptors (Lipinski definition) is 6. The van der Waals surface area contributed by atoms with Gasteiger partial charge < -0.3 is 14.4 Å². The van der Waals surface area contributed by atoms with E-state index in [-0.39, 0.29) is 5.91 Å². The fourth-order valence-corrected chi connectivity index (χ4v) is 4.94. The van der Waals surface area contributed by atoms with E-state index in [2.05, 4.69) is 23.7 Å². The van der Waals surface area contributed by atoms with E-state index in [1.54, 1.807) is 0 Å². The Morgan fingerprint density at radius 3 is 2.56 bits per heavy atom. The van der Waals surface area contributed by atoms with Gasteiger partial charge in [0.15, 0.2) is 5.17 Å². The summed E-state index contributed by atoms with van der Waals surface area (Å²) in [7, 11) is 0. The second-order valence-corrected chi connectivity index (χ2v) is 10.2. The molecule has 1 amide bonds. The quantitative estimate of drug-likeness (QED) is 0.410. The zero-order valence-electron chi connectivity index (χ0n) is 20.6. The van der Waals surface area contributed by atoms with Gasteiger partial charge in [0.1, 0.15) is 5.75 Å². The molecule has 186 valence electrons. The molecule has 0 aliphatic carbocycles. The van der Waals surface area contributed by atoms with Crippen molar-refractivity contribution in [3.05, 3.63) is 71.3 Å². The molecule has 2 aromatic carbocycles. The van der Waals surface area contributed by atoms with Crippen LogP contribution in [-0.4, -0.2) is 58.7 Å². The Labute approximate surface area is 215 Å². The minimum Gasteiger partial charge on any atom is -0.494 e. The zero-order chi connectivity index (χ0) is 24.9. The monoisotopic (exact) mass is 502 g/mol. The van der Waals surface area contributed by atoms with Crippen LogP contribution in [0.3, 0.4) is 0 Å². The van der Waals surface area contributed by atoms with Crippen molar-refractivity contribution in [1.82, 2.24) is 14.7 Å². The maximum absolute atomic E-state index is 12.8. The standard InChI is InChI=1S/C28H30N4O3S/c1-20(2)12-15-35-24-10-8-21(9-11-24)26-22(19-32(30-26)23-6-4-3-5-7-23)18-25-27(33)29-28(36-25)31-13-16-34-17-14-31/h3-11,18-20H,12-17H2,1-2H3/b25-18+. The Morgan fingerprint density at radius 2 is 1.83 bits per heavy atom. The summed E-state index contributed by atoms with van der Waals surface area (Å²) in [5.41, 5.74) is 3.57. The minimum atomic E-state index is -0.214. The van der Waals surface area contributed by atoms with E-state index in [9.17, 15) is 4.79 Å². The summed E-state index contributed by atoms with van der Waals surface area (Å²) in [4.78, 5) is 19.8. The largest absolute Gasteiger partial charge is 0.494 e. The van der Waals surface area contributed by atoms with Crippen molar-refractivity contribution in [2.75, 3.05) is 32.9 Å². The third-order valence-electron chi connectivity index (χ3n) is 6.03. The summed E-state index contributed by atoms with van der Waals surface area (Å²) < 4.78 is 13.2. The highest BCUT2D eigenvalue weighted by Gasteiger charge is 2.28. The SMILES string of the molecule is CC(C)CCOc1ccc(-c2nn(-c3ccccc3)cc2/C=C2/SC(N3CCOCC3)=NC2=O)cc1. The van der Waals surface area contributed by atoms with Gasteiger partial charge in [-0.2, -0.15) is 10.1 Å². The van der Waals surface area contributed by atoms with E-state index >= 15 is 0 Å². The predicted octanol–water partition coefficient (Wildman–Crippen LogP) is 5.27. The Balaban J connectivity index is 1.43. The van der Waals surface area contributed by atoms with E-state index in [0.717, 1.165) is 52.9 Å². The van der Waals surface area contributed by atoms with Gasteiger partial charge in [0.05, 0.1) is 36.1 Å². The van der Waals surface area contributed by atoms with Gasteiger partial charge in [-0.25, -0.2) is 4.68 Å². The Bertz CT molecular complexity index is 1260. The molecule has 36 heavy (non-hydrogen) atoms. The van der Waals surface area contributed by atoms with E-state index in [1.807, 2.05) is 71.6 Å². The number of amides is 1. The van der Waals surface area contributed by atoms with Crippen LogP contribution in [0.4, 0.5) is 0 Å². The van der Waals surface area contributed by atoms with E-state index in [4.69, 9.17) is 14.6 Å². The average molecular weight is 503 g/mol. The first-order valence-electron chi connectivity index (χ1n) is 12.3. The number of carbonyl (C=O) groups is 1. The lowest BCUT2D eigenvalue weighted by molar-refractivity contribution is -0.113. The molecule has 0 radical (unpaired) electrons. The smallest absolute Gasteiger partial charge is 0.286 e. The van der Waals surface area contributed by atoms with Gasteiger partial charge in [0, 0.05) is 30.4 Å². The summed E-state index contributed by atoms with van der Waals surface area (Å²) in [6.07, 6.45) is 4.88. The van der Waals surface area contributed by atoms with E-state index in [0.29, 0.717) is 30.6 Å². The number of morpholine rings is 1. The topological polar surface area (TPSA) is 68.9 Å². The van der Waals surface area contributed by atoms with Gasteiger partial charge in [0.25, 0.3) is 5.91 Å². The molecule has 2 aliphatic rings. The van der Waals surface area contributed by atoms with Crippen LogP contribution >= 0.6 is 11.8 Å². The maximum atomic E-state index is 12.8. The normalized spacial score (nSPS) is 17.2. The number of ether oxygens (including phenoxy) is 2. The van der Waals surface area contributed by atoms with Crippen molar-refractivity contribution in [2.24, 2.45) is 10.9 Å². The van der Waals surface area contributed by atoms with Crippen LogP contribution in [0, 0.1) is 5.92 Å². The number of nitrogens with zero attached hydrogens (tertiary/aromatic N) is 4. The molecule has 1 aromatic heterocycles. The number of hydrogen-bond donors (Lipinski definition) is 0. The second kappa shape index (κ2) is 11.1. The highest BCUT2D eigenvalue weighted by Crippen LogP contribution is 2.34. The molecule has 0 N–H and O–H groups in total. The van der Waals surface area contributed by atoms with Crippen molar-refractivity contribution in [3.8, 4) is 22.7 Å². The molecule has 1 fully saturated rings. The molecule has 3 heterocycles. The first-order chi connectivity index (χ1) is 17.6. The lowest BCUT2D eigenvalue weighted by Gasteiger charge is -2.27. The van der Waals surface area contributed by atoms with Gasteiger partial charge >= 0.3 is 0 Å². The second-order valence-electron chi connectivity index (χ2n) is 9.18. The number of amidine groups is 1. The van der Waals surface area contributed by atoms with Gasteiger partial charge in [-0.05, 0) is 66.6 Å². The highest BCUT2D eigenvalue weighted by molar-refractivity contribution is 8.18. The number of para-hydroxylation sites is 1. The van der Waals surface area contributed by atoms with Crippen LogP contribution in [0.1, 0.15) is 25.8 Å². The van der Waals surface area contributed by atoms with Crippen molar-refractivity contribution in [2.45, 2.75) is 20.3 Å². The van der Waals surface area contributed by atoms with Crippen LogP contribution in [0.2, 0.25) is 0 Å². The number of aliphatic imine (C=N–C) groups is 1. The number of carbonyl (C=O) groups excluding carboxylic acids is 1. The van der Waals surface area contributed by atoms with Crippen molar-refractivity contribution in [3.63, 3.8) is 0 Å². The lowest BCUT2D eigenvalue weighted by atomic mass is 10.1. The van der Waals surface area contributed by atoms with Crippen molar-refractivity contribution < 1.29 is 14.3 Å². The van der Waals surface area contributed by atoms with Gasteiger partial charge in [-0.15, -0.1) is 0 Å². The molecule has 0 unspecified atom stereocenters. The van der Waals surface area contributed by atoms with Crippen LogP contribution < -0.4 is 4.74 Å². The highest BCUT2D eigenvalue weighted by atomic mass is 32.2. The minimum absolute atomic E-state index is 0.214.